The highest BCUT2D eigenvalue weighted by Crippen LogP contribution is 2.22. The van der Waals surface area contributed by atoms with Gasteiger partial charge in [0.15, 0.2) is 5.82 Å². The lowest BCUT2D eigenvalue weighted by Crippen LogP contribution is -2.54. The van der Waals surface area contributed by atoms with Gasteiger partial charge in [0.2, 0.25) is 0 Å². The number of ether oxygens (including phenoxy) is 1. The number of benzene rings is 1. The number of methoxy groups -OCH3 is 1. The Hall–Kier alpha value is -1.99. The first-order chi connectivity index (χ1) is 11.6. The zero-order chi connectivity index (χ0) is 17.2. The lowest BCUT2D eigenvalue weighted by molar-refractivity contribution is -0.146. The molecule has 0 unspecified atom stereocenters. The molecule has 24 heavy (non-hydrogen) atoms. The topological polar surface area (TPSA) is 68.2 Å². The van der Waals surface area contributed by atoms with Gasteiger partial charge < -0.3 is 19.9 Å². The summed E-state index contributed by atoms with van der Waals surface area (Å²) in [4.78, 5) is 16.9. The van der Waals surface area contributed by atoms with E-state index < -0.39 is 5.60 Å². The van der Waals surface area contributed by atoms with E-state index in [0.717, 1.165) is 24.4 Å². The summed E-state index contributed by atoms with van der Waals surface area (Å²) >= 11 is 0. The van der Waals surface area contributed by atoms with Crippen molar-refractivity contribution in [2.45, 2.75) is 24.9 Å². The van der Waals surface area contributed by atoms with Gasteiger partial charge in [0, 0.05) is 27.1 Å². The molecule has 0 bridgehead atoms. The number of fused-ring (bicyclic) bond motifs is 1. The minimum Gasteiger partial charge on any atom is -0.368 e. The highest BCUT2D eigenvalue weighted by Gasteiger charge is 2.39. The molecule has 1 aromatic carbocycles. The summed E-state index contributed by atoms with van der Waals surface area (Å²) in [6.45, 7) is 1.98. The van der Waals surface area contributed by atoms with Gasteiger partial charge in [-0.25, -0.2) is 9.37 Å². The normalized spacial score (nSPS) is 17.1. The van der Waals surface area contributed by atoms with Crippen LogP contribution in [-0.2, 0) is 23.0 Å². The predicted octanol–water partition coefficient (Wildman–Crippen LogP) is 1.14. The molecule has 0 spiro atoms. The molecule has 7 heteroatoms. The third-order valence-electron chi connectivity index (χ3n) is 4.80. The van der Waals surface area contributed by atoms with Gasteiger partial charge in [-0.2, -0.15) is 0 Å². The number of para-hydroxylation sites is 1. The van der Waals surface area contributed by atoms with E-state index in [1.165, 1.54) is 6.07 Å². The van der Waals surface area contributed by atoms with Crippen LogP contribution in [0.4, 0.5) is 4.39 Å². The molecule has 0 radical (unpaired) electrons. The van der Waals surface area contributed by atoms with E-state index in [0.29, 0.717) is 31.3 Å². The van der Waals surface area contributed by atoms with Crippen molar-refractivity contribution in [3.05, 3.63) is 29.8 Å². The molecule has 0 saturated carbocycles. The maximum Gasteiger partial charge on any atom is 0.252 e. The van der Waals surface area contributed by atoms with Gasteiger partial charge in [-0.15, -0.1) is 0 Å². The highest BCUT2D eigenvalue weighted by molar-refractivity contribution is 5.85. The monoisotopic (exact) mass is 334 g/mol. The molecule has 6 nitrogen and oxygen atoms in total. The van der Waals surface area contributed by atoms with Crippen molar-refractivity contribution in [3.8, 4) is 0 Å². The SMILES string of the molecule is COC1(C(=O)NCCc2nc3c(F)cccc3n2C)CCNCC1. The molecule has 1 aromatic heterocycles. The largest absolute Gasteiger partial charge is 0.368 e. The summed E-state index contributed by atoms with van der Waals surface area (Å²) < 4.78 is 21.2. The Morgan fingerprint density at radius 2 is 2.21 bits per heavy atom. The summed E-state index contributed by atoms with van der Waals surface area (Å²) in [5.74, 6) is 0.329. The number of carbonyl (C=O) groups excluding carboxylic acids is 1. The second-order valence-corrected chi connectivity index (χ2v) is 6.15. The molecule has 2 heterocycles. The van der Waals surface area contributed by atoms with E-state index in [4.69, 9.17) is 4.74 Å². The van der Waals surface area contributed by atoms with Crippen LogP contribution in [0.5, 0.6) is 0 Å². The number of hydrogen-bond donors (Lipinski definition) is 2. The molecular formula is C17H23FN4O2. The fourth-order valence-corrected chi connectivity index (χ4v) is 3.26. The second-order valence-electron chi connectivity index (χ2n) is 6.15. The Kier molecular flexibility index (Phi) is 4.82. The quantitative estimate of drug-likeness (QED) is 0.860. The first-order valence-electron chi connectivity index (χ1n) is 8.21. The van der Waals surface area contributed by atoms with Crippen LogP contribution in [0.2, 0.25) is 0 Å². The van der Waals surface area contributed by atoms with E-state index in [1.54, 1.807) is 13.2 Å². The van der Waals surface area contributed by atoms with Crippen molar-refractivity contribution in [2.75, 3.05) is 26.7 Å². The van der Waals surface area contributed by atoms with Gasteiger partial charge in [-0.3, -0.25) is 4.79 Å². The van der Waals surface area contributed by atoms with Crippen LogP contribution in [0, 0.1) is 5.82 Å². The van der Waals surface area contributed by atoms with Crippen molar-refractivity contribution < 1.29 is 13.9 Å². The van der Waals surface area contributed by atoms with Crippen molar-refractivity contribution in [2.24, 2.45) is 7.05 Å². The number of carbonyl (C=O) groups is 1. The van der Waals surface area contributed by atoms with Crippen LogP contribution in [0.3, 0.4) is 0 Å². The maximum atomic E-state index is 13.8. The van der Waals surface area contributed by atoms with Crippen molar-refractivity contribution in [1.29, 1.82) is 0 Å². The van der Waals surface area contributed by atoms with E-state index in [2.05, 4.69) is 15.6 Å². The number of hydrogen-bond acceptors (Lipinski definition) is 4. The molecule has 130 valence electrons. The van der Waals surface area contributed by atoms with E-state index in [1.807, 2.05) is 17.7 Å². The van der Waals surface area contributed by atoms with Crippen LogP contribution >= 0.6 is 0 Å². The van der Waals surface area contributed by atoms with Crippen LogP contribution in [0.1, 0.15) is 18.7 Å². The minimum atomic E-state index is -0.746. The molecule has 0 atom stereocenters. The fourth-order valence-electron chi connectivity index (χ4n) is 3.26. The van der Waals surface area contributed by atoms with Crippen molar-refractivity contribution in [3.63, 3.8) is 0 Å². The molecule has 0 aliphatic carbocycles. The Balaban J connectivity index is 1.65. The van der Waals surface area contributed by atoms with Gasteiger partial charge in [0.25, 0.3) is 5.91 Å². The molecule has 1 saturated heterocycles. The Labute approximate surface area is 140 Å². The molecule has 1 aliphatic heterocycles. The third-order valence-corrected chi connectivity index (χ3v) is 4.80. The summed E-state index contributed by atoms with van der Waals surface area (Å²) in [6.07, 6.45) is 1.86. The minimum absolute atomic E-state index is 0.0866. The van der Waals surface area contributed by atoms with Gasteiger partial charge >= 0.3 is 0 Å². The number of aryl methyl sites for hydroxylation is 1. The number of amides is 1. The number of piperidine rings is 1. The first-order valence-corrected chi connectivity index (χ1v) is 8.21. The molecular weight excluding hydrogens is 311 g/mol. The van der Waals surface area contributed by atoms with Gasteiger partial charge in [0.1, 0.15) is 16.9 Å². The van der Waals surface area contributed by atoms with E-state index in [-0.39, 0.29) is 11.7 Å². The zero-order valence-electron chi connectivity index (χ0n) is 14.1. The number of halogens is 1. The lowest BCUT2D eigenvalue weighted by Gasteiger charge is -2.34. The summed E-state index contributed by atoms with van der Waals surface area (Å²) in [6, 6.07) is 4.91. The molecule has 1 fully saturated rings. The molecule has 1 amide bonds. The average molecular weight is 334 g/mol. The van der Waals surface area contributed by atoms with E-state index in [9.17, 15) is 9.18 Å². The predicted molar refractivity (Wildman–Crippen MR) is 89.2 cm³/mol. The summed E-state index contributed by atoms with van der Waals surface area (Å²) in [5, 5.41) is 6.17. The third kappa shape index (κ3) is 3.01. The van der Waals surface area contributed by atoms with Crippen LogP contribution in [0.15, 0.2) is 18.2 Å². The van der Waals surface area contributed by atoms with Crippen molar-refractivity contribution >= 4 is 16.9 Å². The second kappa shape index (κ2) is 6.86. The smallest absolute Gasteiger partial charge is 0.252 e. The number of nitrogens with one attached hydrogen (secondary N) is 2. The Morgan fingerprint density at radius 3 is 2.88 bits per heavy atom. The first kappa shape index (κ1) is 16.9. The fraction of sp³-hybridized carbons (Fsp3) is 0.529. The zero-order valence-corrected chi connectivity index (χ0v) is 14.1. The van der Waals surface area contributed by atoms with Gasteiger partial charge in [-0.1, -0.05) is 6.07 Å². The Morgan fingerprint density at radius 1 is 1.46 bits per heavy atom. The number of imidazole rings is 1. The molecule has 2 aromatic rings. The molecule has 3 rings (SSSR count). The number of aromatic nitrogens is 2. The van der Waals surface area contributed by atoms with Crippen LogP contribution < -0.4 is 10.6 Å². The molecule has 2 N–H and O–H groups in total. The van der Waals surface area contributed by atoms with Gasteiger partial charge in [-0.05, 0) is 38.1 Å². The Bertz CT molecular complexity index is 738. The standard InChI is InChI=1S/C17H23FN4O2/c1-22-13-5-3-4-12(18)15(13)21-14(22)6-9-20-16(23)17(24-2)7-10-19-11-8-17/h3-5,19H,6-11H2,1-2H3,(H,20,23). The number of rotatable bonds is 5. The van der Waals surface area contributed by atoms with Gasteiger partial charge in [0.05, 0.1) is 5.52 Å². The summed E-state index contributed by atoms with van der Waals surface area (Å²) in [5.41, 5.74) is 0.375. The molecule has 1 aliphatic rings. The van der Waals surface area contributed by atoms with Crippen LogP contribution in [0.25, 0.3) is 11.0 Å². The maximum absolute atomic E-state index is 13.8. The van der Waals surface area contributed by atoms with E-state index >= 15 is 0 Å². The van der Waals surface area contributed by atoms with Crippen molar-refractivity contribution in [1.82, 2.24) is 20.2 Å². The summed E-state index contributed by atoms with van der Waals surface area (Å²) in [7, 11) is 3.44. The van der Waals surface area contributed by atoms with Crippen LogP contribution in [-0.4, -0.2) is 47.8 Å². The lowest BCUT2D eigenvalue weighted by atomic mass is 9.91. The average Bonchev–Trinajstić information content (AvgIpc) is 2.93. The highest BCUT2D eigenvalue weighted by atomic mass is 19.1. The number of nitrogens with zero attached hydrogens (tertiary/aromatic N) is 2.